The summed E-state index contributed by atoms with van der Waals surface area (Å²) >= 11 is 0. The number of carbonyl (C=O) groups is 1. The lowest BCUT2D eigenvalue weighted by molar-refractivity contribution is 0.0449. The van der Waals surface area contributed by atoms with Crippen LogP contribution in [0.4, 0.5) is 0 Å². The van der Waals surface area contributed by atoms with E-state index in [1.165, 1.54) is 17.0 Å². The molecule has 0 aliphatic carbocycles. The summed E-state index contributed by atoms with van der Waals surface area (Å²) in [4.78, 5) is 36.8. The Morgan fingerprint density at radius 2 is 2.08 bits per heavy atom. The number of nitrogens with zero attached hydrogens (tertiary/aromatic N) is 5. The fourth-order valence-corrected chi connectivity index (χ4v) is 2.26. The van der Waals surface area contributed by atoms with Gasteiger partial charge < -0.3 is 4.74 Å². The van der Waals surface area contributed by atoms with Gasteiger partial charge in [0, 0.05) is 6.20 Å². The van der Waals surface area contributed by atoms with Gasteiger partial charge in [0.2, 0.25) is 0 Å². The lowest BCUT2D eigenvalue weighted by Gasteiger charge is -2.11. The van der Waals surface area contributed by atoms with E-state index in [1.54, 1.807) is 31.2 Å². The number of ether oxygens (including phenoxy) is 1. The van der Waals surface area contributed by atoms with Crippen LogP contribution in [-0.2, 0) is 17.9 Å². The van der Waals surface area contributed by atoms with Crippen LogP contribution < -0.4 is 5.56 Å². The molecule has 124 valence electrons. The largest absolute Gasteiger partial charge is 0.453 e. The highest BCUT2D eigenvalue weighted by molar-refractivity contribution is 5.86. The van der Waals surface area contributed by atoms with E-state index in [2.05, 4.69) is 15.0 Å². The predicted molar refractivity (Wildman–Crippen MR) is 87.5 cm³/mol. The smallest absolute Gasteiger partial charge is 0.358 e. The van der Waals surface area contributed by atoms with E-state index >= 15 is 0 Å². The van der Waals surface area contributed by atoms with Crippen molar-refractivity contribution in [3.05, 3.63) is 64.2 Å². The SMILES string of the molecule is Cc1cnc(C(=O)OCc2nc3ccccc3c(=O)n2CC#N)cn1. The first-order valence-corrected chi connectivity index (χ1v) is 7.41. The minimum Gasteiger partial charge on any atom is -0.453 e. The molecule has 3 rings (SSSR count). The highest BCUT2D eigenvalue weighted by atomic mass is 16.5. The summed E-state index contributed by atoms with van der Waals surface area (Å²) in [5, 5.41) is 9.36. The Balaban J connectivity index is 1.91. The average Bonchev–Trinajstić information content (AvgIpc) is 2.63. The molecule has 0 unspecified atom stereocenters. The Bertz CT molecular complexity index is 1030. The molecule has 2 aromatic heterocycles. The molecule has 2 heterocycles. The highest BCUT2D eigenvalue weighted by Crippen LogP contribution is 2.09. The van der Waals surface area contributed by atoms with Crippen molar-refractivity contribution in [2.75, 3.05) is 0 Å². The van der Waals surface area contributed by atoms with Crippen LogP contribution in [0.3, 0.4) is 0 Å². The summed E-state index contributed by atoms with van der Waals surface area (Å²) in [6, 6.07) is 8.71. The number of fused-ring (bicyclic) bond motifs is 1. The minimum atomic E-state index is -0.682. The Hall–Kier alpha value is -3.60. The van der Waals surface area contributed by atoms with Gasteiger partial charge in [-0.15, -0.1) is 0 Å². The molecule has 8 nitrogen and oxygen atoms in total. The Kier molecular flexibility index (Phi) is 4.48. The molecule has 0 spiro atoms. The van der Waals surface area contributed by atoms with Gasteiger partial charge in [0.15, 0.2) is 11.5 Å². The van der Waals surface area contributed by atoms with Crippen LogP contribution in [-0.4, -0.2) is 25.5 Å². The number of aromatic nitrogens is 4. The van der Waals surface area contributed by atoms with Crippen molar-refractivity contribution in [3.63, 3.8) is 0 Å². The summed E-state index contributed by atoms with van der Waals surface area (Å²) in [7, 11) is 0. The van der Waals surface area contributed by atoms with Gasteiger partial charge >= 0.3 is 5.97 Å². The molecule has 0 saturated carbocycles. The molecular formula is C17H13N5O3. The monoisotopic (exact) mass is 335 g/mol. The van der Waals surface area contributed by atoms with Gasteiger partial charge in [-0.25, -0.2) is 14.8 Å². The van der Waals surface area contributed by atoms with Crippen molar-refractivity contribution in [1.29, 1.82) is 5.26 Å². The number of aryl methyl sites for hydroxylation is 1. The first-order chi connectivity index (χ1) is 12.1. The van der Waals surface area contributed by atoms with Gasteiger partial charge in [-0.1, -0.05) is 12.1 Å². The van der Waals surface area contributed by atoms with E-state index in [0.29, 0.717) is 16.6 Å². The summed E-state index contributed by atoms with van der Waals surface area (Å²) < 4.78 is 6.36. The van der Waals surface area contributed by atoms with Gasteiger partial charge in [0.05, 0.1) is 28.9 Å². The fraction of sp³-hybridized carbons (Fsp3) is 0.176. The fourth-order valence-electron chi connectivity index (χ4n) is 2.26. The Morgan fingerprint density at radius 1 is 1.28 bits per heavy atom. The summed E-state index contributed by atoms with van der Waals surface area (Å²) in [6.07, 6.45) is 2.77. The number of hydrogen-bond acceptors (Lipinski definition) is 7. The molecule has 3 aromatic rings. The van der Waals surface area contributed by atoms with Crippen LogP contribution in [0.2, 0.25) is 0 Å². The van der Waals surface area contributed by atoms with Gasteiger partial charge in [-0.2, -0.15) is 5.26 Å². The van der Waals surface area contributed by atoms with Gasteiger partial charge in [-0.05, 0) is 19.1 Å². The molecular weight excluding hydrogens is 322 g/mol. The first kappa shape index (κ1) is 16.3. The number of benzene rings is 1. The zero-order valence-corrected chi connectivity index (χ0v) is 13.3. The van der Waals surface area contributed by atoms with Crippen LogP contribution in [0.15, 0.2) is 41.5 Å². The van der Waals surface area contributed by atoms with Crippen molar-refractivity contribution in [2.24, 2.45) is 0 Å². The van der Waals surface area contributed by atoms with Crippen LogP contribution >= 0.6 is 0 Å². The number of hydrogen-bond donors (Lipinski definition) is 0. The van der Waals surface area contributed by atoms with Gasteiger partial charge in [-0.3, -0.25) is 14.3 Å². The maximum atomic E-state index is 12.5. The number of esters is 1. The van der Waals surface area contributed by atoms with Crippen molar-refractivity contribution >= 4 is 16.9 Å². The molecule has 25 heavy (non-hydrogen) atoms. The van der Waals surface area contributed by atoms with E-state index in [4.69, 9.17) is 10.00 Å². The standard InChI is InChI=1S/C17H13N5O3/c1-11-8-20-14(9-19-11)17(24)25-10-15-21-13-5-3-2-4-12(13)16(23)22(15)7-6-18/h2-5,8-9H,7,10H2,1H3. The van der Waals surface area contributed by atoms with Crippen LogP contribution in [0, 0.1) is 18.3 Å². The lowest BCUT2D eigenvalue weighted by Crippen LogP contribution is -2.26. The quantitative estimate of drug-likeness (QED) is 0.662. The second kappa shape index (κ2) is 6.88. The van der Waals surface area contributed by atoms with Crippen LogP contribution in [0.25, 0.3) is 10.9 Å². The average molecular weight is 335 g/mol. The number of para-hydroxylation sites is 1. The number of carbonyl (C=O) groups excluding carboxylic acids is 1. The first-order valence-electron chi connectivity index (χ1n) is 7.41. The second-order valence-electron chi connectivity index (χ2n) is 5.21. The molecule has 8 heteroatoms. The minimum absolute atomic E-state index is 0.0561. The summed E-state index contributed by atoms with van der Waals surface area (Å²) in [6.45, 7) is 1.31. The van der Waals surface area contributed by atoms with Gasteiger partial charge in [0.1, 0.15) is 13.2 Å². The zero-order valence-electron chi connectivity index (χ0n) is 13.3. The molecule has 0 saturated heterocycles. The number of rotatable bonds is 4. The van der Waals surface area contributed by atoms with E-state index in [9.17, 15) is 9.59 Å². The predicted octanol–water partition coefficient (Wildman–Crippen LogP) is 1.38. The van der Waals surface area contributed by atoms with E-state index in [1.807, 2.05) is 6.07 Å². The molecule has 0 radical (unpaired) electrons. The van der Waals surface area contributed by atoms with Gasteiger partial charge in [0.25, 0.3) is 5.56 Å². The molecule has 0 aliphatic heterocycles. The molecule has 0 fully saturated rings. The Morgan fingerprint density at radius 3 is 2.80 bits per heavy atom. The van der Waals surface area contributed by atoms with E-state index < -0.39 is 5.97 Å². The molecule has 0 amide bonds. The third-order valence-corrected chi connectivity index (χ3v) is 3.49. The molecule has 0 N–H and O–H groups in total. The highest BCUT2D eigenvalue weighted by Gasteiger charge is 2.14. The van der Waals surface area contributed by atoms with Crippen molar-refractivity contribution in [1.82, 2.24) is 19.5 Å². The third-order valence-electron chi connectivity index (χ3n) is 3.49. The topological polar surface area (TPSA) is 111 Å². The maximum Gasteiger partial charge on any atom is 0.358 e. The molecule has 0 aliphatic rings. The lowest BCUT2D eigenvalue weighted by atomic mass is 10.2. The Labute approximate surface area is 142 Å². The van der Waals surface area contributed by atoms with E-state index in [0.717, 1.165) is 0 Å². The summed E-state index contributed by atoms with van der Waals surface area (Å²) in [5.41, 5.74) is 0.854. The van der Waals surface area contributed by atoms with E-state index in [-0.39, 0.29) is 30.2 Å². The molecule has 1 aromatic carbocycles. The van der Waals surface area contributed by atoms with Crippen molar-refractivity contribution in [2.45, 2.75) is 20.1 Å². The summed E-state index contributed by atoms with van der Waals surface area (Å²) in [5.74, 6) is -0.489. The normalized spacial score (nSPS) is 10.4. The number of nitriles is 1. The maximum absolute atomic E-state index is 12.5. The second-order valence-corrected chi connectivity index (χ2v) is 5.21. The molecule has 0 atom stereocenters. The third kappa shape index (κ3) is 3.35. The van der Waals surface area contributed by atoms with Crippen molar-refractivity contribution < 1.29 is 9.53 Å². The van der Waals surface area contributed by atoms with Crippen LogP contribution in [0.1, 0.15) is 22.0 Å². The molecule has 0 bridgehead atoms. The zero-order chi connectivity index (χ0) is 17.8. The van der Waals surface area contributed by atoms with Crippen molar-refractivity contribution in [3.8, 4) is 6.07 Å². The van der Waals surface area contributed by atoms with Crippen LogP contribution in [0.5, 0.6) is 0 Å².